The lowest BCUT2D eigenvalue weighted by molar-refractivity contribution is 0.423. The number of thioether (sulfide) groups is 1. The van der Waals surface area contributed by atoms with Gasteiger partial charge in [0.15, 0.2) is 0 Å². The van der Waals surface area contributed by atoms with Crippen LogP contribution in [-0.2, 0) is 0 Å². The second-order valence-electron chi connectivity index (χ2n) is 3.12. The summed E-state index contributed by atoms with van der Waals surface area (Å²) in [6, 6.07) is 4.40. The highest BCUT2D eigenvalue weighted by Crippen LogP contribution is 2.27. The van der Waals surface area contributed by atoms with Crippen LogP contribution in [0.2, 0.25) is 0 Å². The minimum absolute atomic E-state index is 0.450. The van der Waals surface area contributed by atoms with Gasteiger partial charge in [0.25, 0.3) is 0 Å². The monoisotopic (exact) mass is 193 g/mol. The van der Waals surface area contributed by atoms with Crippen LogP contribution in [0, 0.1) is 11.3 Å². The Morgan fingerprint density at radius 2 is 2.31 bits per heavy atom. The maximum atomic E-state index is 8.82. The predicted octanol–water partition coefficient (Wildman–Crippen LogP) is 1.82. The van der Waals surface area contributed by atoms with Crippen LogP contribution in [0.3, 0.4) is 0 Å². The average Bonchev–Trinajstić information content (AvgIpc) is 2.67. The lowest BCUT2D eigenvalue weighted by Crippen LogP contribution is -2.17. The normalized spacial score (nSPS) is 18.4. The second kappa shape index (κ2) is 3.84. The molecule has 1 aromatic rings. The molecule has 0 radical (unpaired) electrons. The molecule has 0 unspecified atom stereocenters. The molecule has 1 aliphatic heterocycles. The van der Waals surface area contributed by atoms with Gasteiger partial charge in [0.05, 0.1) is 12.2 Å². The van der Waals surface area contributed by atoms with Crippen molar-refractivity contribution in [2.45, 2.75) is 18.9 Å². The molecule has 1 saturated heterocycles. The molecular weight excluding hydrogens is 182 g/mol. The van der Waals surface area contributed by atoms with Gasteiger partial charge < -0.3 is 0 Å². The van der Waals surface area contributed by atoms with E-state index in [9.17, 15) is 0 Å². The number of hydrogen-bond donors (Lipinski definition) is 0. The Labute approximate surface area is 81.7 Å². The Bertz CT molecular complexity index is 320. The number of nitrogens with zero attached hydrogens (tertiary/aromatic N) is 3. The fourth-order valence-corrected chi connectivity index (χ4v) is 2.71. The SMILES string of the molecule is N#Cc1ccnn1C1CCSCC1. The van der Waals surface area contributed by atoms with Crippen molar-refractivity contribution in [1.29, 1.82) is 5.26 Å². The fourth-order valence-electron chi connectivity index (χ4n) is 1.62. The van der Waals surface area contributed by atoms with Gasteiger partial charge in [-0.2, -0.15) is 22.1 Å². The summed E-state index contributed by atoms with van der Waals surface area (Å²) in [6.45, 7) is 0. The molecule has 0 bridgehead atoms. The summed E-state index contributed by atoms with van der Waals surface area (Å²) < 4.78 is 1.87. The number of hydrogen-bond acceptors (Lipinski definition) is 3. The van der Waals surface area contributed by atoms with Gasteiger partial charge >= 0.3 is 0 Å². The van der Waals surface area contributed by atoms with Crippen LogP contribution >= 0.6 is 11.8 Å². The van der Waals surface area contributed by atoms with E-state index in [1.807, 2.05) is 16.4 Å². The van der Waals surface area contributed by atoms with Crippen molar-refractivity contribution in [1.82, 2.24) is 9.78 Å². The number of aromatic nitrogens is 2. The third-order valence-corrected chi connectivity index (χ3v) is 3.37. The Morgan fingerprint density at radius 3 is 3.00 bits per heavy atom. The maximum Gasteiger partial charge on any atom is 0.138 e. The lowest BCUT2D eigenvalue weighted by atomic mass is 10.1. The molecule has 0 amide bonds. The van der Waals surface area contributed by atoms with Gasteiger partial charge in [-0.25, -0.2) is 0 Å². The van der Waals surface area contributed by atoms with E-state index in [0.29, 0.717) is 11.7 Å². The Kier molecular flexibility index (Phi) is 2.55. The predicted molar refractivity (Wildman–Crippen MR) is 52.5 cm³/mol. The summed E-state index contributed by atoms with van der Waals surface area (Å²) in [5.74, 6) is 2.38. The molecule has 1 aromatic heterocycles. The van der Waals surface area contributed by atoms with Crippen LogP contribution in [0.1, 0.15) is 24.6 Å². The third kappa shape index (κ3) is 1.70. The van der Waals surface area contributed by atoms with Crippen LogP contribution in [-0.4, -0.2) is 21.3 Å². The van der Waals surface area contributed by atoms with Gasteiger partial charge in [-0.15, -0.1) is 0 Å². The molecule has 0 saturated carbocycles. The van der Waals surface area contributed by atoms with E-state index in [1.54, 1.807) is 12.3 Å². The van der Waals surface area contributed by atoms with E-state index >= 15 is 0 Å². The molecule has 2 rings (SSSR count). The van der Waals surface area contributed by atoms with Crippen molar-refractivity contribution in [3.63, 3.8) is 0 Å². The van der Waals surface area contributed by atoms with Crippen molar-refractivity contribution in [2.75, 3.05) is 11.5 Å². The summed E-state index contributed by atoms with van der Waals surface area (Å²) in [6.07, 6.45) is 3.99. The first-order valence-electron chi connectivity index (χ1n) is 4.43. The van der Waals surface area contributed by atoms with E-state index in [-0.39, 0.29) is 0 Å². The van der Waals surface area contributed by atoms with Crippen LogP contribution in [0.4, 0.5) is 0 Å². The van der Waals surface area contributed by atoms with Gasteiger partial charge in [0.1, 0.15) is 11.8 Å². The first-order valence-corrected chi connectivity index (χ1v) is 5.58. The van der Waals surface area contributed by atoms with E-state index in [0.717, 1.165) is 12.8 Å². The third-order valence-electron chi connectivity index (χ3n) is 2.32. The van der Waals surface area contributed by atoms with E-state index in [4.69, 9.17) is 5.26 Å². The summed E-state index contributed by atoms with van der Waals surface area (Å²) in [5.41, 5.74) is 0.692. The van der Waals surface area contributed by atoms with E-state index in [2.05, 4.69) is 11.2 Å². The van der Waals surface area contributed by atoms with Crippen molar-refractivity contribution < 1.29 is 0 Å². The van der Waals surface area contributed by atoms with Gasteiger partial charge in [-0.05, 0) is 30.4 Å². The summed E-state index contributed by atoms with van der Waals surface area (Å²) in [4.78, 5) is 0. The molecular formula is C9H11N3S. The van der Waals surface area contributed by atoms with Crippen LogP contribution in [0.15, 0.2) is 12.3 Å². The van der Waals surface area contributed by atoms with Crippen LogP contribution in [0.5, 0.6) is 0 Å². The smallest absolute Gasteiger partial charge is 0.138 e. The van der Waals surface area contributed by atoms with E-state index < -0.39 is 0 Å². The fraction of sp³-hybridized carbons (Fsp3) is 0.556. The first-order chi connectivity index (χ1) is 6.42. The zero-order valence-corrected chi connectivity index (χ0v) is 8.13. The molecule has 0 aliphatic carbocycles. The zero-order valence-electron chi connectivity index (χ0n) is 7.31. The van der Waals surface area contributed by atoms with Crippen molar-refractivity contribution in [2.24, 2.45) is 0 Å². The topological polar surface area (TPSA) is 41.6 Å². The van der Waals surface area contributed by atoms with Crippen LogP contribution in [0.25, 0.3) is 0 Å². The average molecular weight is 193 g/mol. The minimum atomic E-state index is 0.450. The van der Waals surface area contributed by atoms with Crippen molar-refractivity contribution in [3.05, 3.63) is 18.0 Å². The molecule has 13 heavy (non-hydrogen) atoms. The number of rotatable bonds is 1. The van der Waals surface area contributed by atoms with E-state index in [1.165, 1.54) is 11.5 Å². The summed E-state index contributed by atoms with van der Waals surface area (Å²) >= 11 is 1.99. The van der Waals surface area contributed by atoms with Crippen molar-refractivity contribution >= 4 is 11.8 Å². The van der Waals surface area contributed by atoms with Crippen LogP contribution < -0.4 is 0 Å². The van der Waals surface area contributed by atoms with Crippen molar-refractivity contribution in [3.8, 4) is 6.07 Å². The Balaban J connectivity index is 2.19. The quantitative estimate of drug-likeness (QED) is 0.683. The summed E-state index contributed by atoms with van der Waals surface area (Å²) in [7, 11) is 0. The molecule has 2 heterocycles. The number of nitriles is 1. The van der Waals surface area contributed by atoms with Gasteiger partial charge in [0.2, 0.25) is 0 Å². The Morgan fingerprint density at radius 1 is 1.54 bits per heavy atom. The molecule has 1 fully saturated rings. The molecule has 1 aliphatic rings. The molecule has 0 atom stereocenters. The molecule has 0 spiro atoms. The largest absolute Gasteiger partial charge is 0.252 e. The van der Waals surface area contributed by atoms with Gasteiger partial charge in [0, 0.05) is 0 Å². The molecule has 0 aromatic carbocycles. The lowest BCUT2D eigenvalue weighted by Gasteiger charge is -2.22. The molecule has 0 N–H and O–H groups in total. The van der Waals surface area contributed by atoms with Gasteiger partial charge in [-0.3, -0.25) is 4.68 Å². The molecule has 3 nitrogen and oxygen atoms in total. The highest BCUT2D eigenvalue weighted by atomic mass is 32.2. The second-order valence-corrected chi connectivity index (χ2v) is 4.34. The first kappa shape index (κ1) is 8.64. The molecule has 4 heteroatoms. The summed E-state index contributed by atoms with van der Waals surface area (Å²) in [5, 5.41) is 13.0. The maximum absolute atomic E-state index is 8.82. The zero-order chi connectivity index (χ0) is 9.10. The van der Waals surface area contributed by atoms with Gasteiger partial charge in [-0.1, -0.05) is 0 Å². The highest BCUT2D eigenvalue weighted by Gasteiger charge is 2.17. The highest BCUT2D eigenvalue weighted by molar-refractivity contribution is 7.99. The standard InChI is InChI=1S/C9H11N3S/c10-7-9-1-4-11-12(9)8-2-5-13-6-3-8/h1,4,8H,2-3,5-6H2. The Hall–Kier alpha value is -0.950. The molecule has 68 valence electrons. The minimum Gasteiger partial charge on any atom is -0.252 e.